The lowest BCUT2D eigenvalue weighted by Crippen LogP contribution is -2.39. The van der Waals surface area contributed by atoms with Gasteiger partial charge in [0.1, 0.15) is 0 Å². The molecule has 1 fully saturated rings. The van der Waals surface area contributed by atoms with Gasteiger partial charge >= 0.3 is 5.97 Å². The molecule has 1 aliphatic heterocycles. The van der Waals surface area contributed by atoms with Crippen LogP contribution < -0.4 is 10.6 Å². The van der Waals surface area contributed by atoms with Gasteiger partial charge in [-0.25, -0.2) is 0 Å². The Morgan fingerprint density at radius 1 is 1.28 bits per heavy atom. The standard InChI is InChI=1S/C20H30N2O3/c1-14(17-10-7-11-21-13-17)12-18(23)22-19(15(2)20(24)25-3)16-8-5-4-6-9-16/h4-6,8-9,14-15,17,19,21H,7,10-13H2,1-3H3,(H,22,23). The summed E-state index contributed by atoms with van der Waals surface area (Å²) in [5.41, 5.74) is 0.917. The number of amides is 1. The molecule has 0 spiro atoms. The Bertz CT molecular complexity index is 555. The van der Waals surface area contributed by atoms with Crippen molar-refractivity contribution in [2.45, 2.75) is 39.2 Å². The Hall–Kier alpha value is -1.88. The molecule has 0 aliphatic carbocycles. The molecule has 4 unspecified atom stereocenters. The molecule has 5 heteroatoms. The zero-order valence-corrected chi connectivity index (χ0v) is 15.5. The van der Waals surface area contributed by atoms with E-state index in [1.165, 1.54) is 20.0 Å². The van der Waals surface area contributed by atoms with Gasteiger partial charge in [0.2, 0.25) is 5.91 Å². The molecule has 4 atom stereocenters. The minimum absolute atomic E-state index is 0.0114. The van der Waals surface area contributed by atoms with Crippen LogP contribution in [0.25, 0.3) is 0 Å². The predicted molar refractivity (Wildman–Crippen MR) is 97.9 cm³/mol. The number of benzene rings is 1. The summed E-state index contributed by atoms with van der Waals surface area (Å²) in [5, 5.41) is 6.46. The van der Waals surface area contributed by atoms with E-state index in [0.29, 0.717) is 18.3 Å². The van der Waals surface area contributed by atoms with Crippen LogP contribution >= 0.6 is 0 Å². The fourth-order valence-electron chi connectivity index (χ4n) is 3.54. The van der Waals surface area contributed by atoms with Crippen LogP contribution in [-0.4, -0.2) is 32.1 Å². The second-order valence-electron chi connectivity index (χ2n) is 7.06. The highest BCUT2D eigenvalue weighted by molar-refractivity contribution is 5.79. The second kappa shape index (κ2) is 9.56. The third-order valence-electron chi connectivity index (χ3n) is 5.20. The van der Waals surface area contributed by atoms with Crippen molar-refractivity contribution < 1.29 is 14.3 Å². The largest absolute Gasteiger partial charge is 0.469 e. The highest BCUT2D eigenvalue weighted by Gasteiger charge is 2.29. The minimum Gasteiger partial charge on any atom is -0.469 e. The average molecular weight is 346 g/mol. The summed E-state index contributed by atoms with van der Waals surface area (Å²) in [7, 11) is 1.38. The van der Waals surface area contributed by atoms with Gasteiger partial charge in [-0.3, -0.25) is 9.59 Å². The van der Waals surface area contributed by atoms with Crippen molar-refractivity contribution in [1.29, 1.82) is 0 Å². The van der Waals surface area contributed by atoms with Crippen LogP contribution in [-0.2, 0) is 14.3 Å². The van der Waals surface area contributed by atoms with Crippen molar-refractivity contribution in [3.05, 3.63) is 35.9 Å². The van der Waals surface area contributed by atoms with E-state index in [1.807, 2.05) is 30.3 Å². The lowest BCUT2D eigenvalue weighted by molar-refractivity contribution is -0.146. The maximum atomic E-state index is 12.6. The molecule has 2 rings (SSSR count). The molecule has 1 aliphatic rings. The van der Waals surface area contributed by atoms with Gasteiger partial charge in [-0.15, -0.1) is 0 Å². The number of carbonyl (C=O) groups excluding carboxylic acids is 2. The lowest BCUT2D eigenvalue weighted by Gasteiger charge is -2.29. The lowest BCUT2D eigenvalue weighted by atomic mass is 9.85. The van der Waals surface area contributed by atoms with Gasteiger partial charge in [-0.2, -0.15) is 0 Å². The number of nitrogens with one attached hydrogen (secondary N) is 2. The highest BCUT2D eigenvalue weighted by Crippen LogP contribution is 2.26. The number of hydrogen-bond acceptors (Lipinski definition) is 4. The van der Waals surface area contributed by atoms with Crippen LogP contribution in [0.4, 0.5) is 0 Å². The molecule has 1 amide bonds. The van der Waals surface area contributed by atoms with Crippen molar-refractivity contribution in [3.8, 4) is 0 Å². The van der Waals surface area contributed by atoms with E-state index in [9.17, 15) is 9.59 Å². The molecule has 0 saturated carbocycles. The van der Waals surface area contributed by atoms with Gasteiger partial charge < -0.3 is 15.4 Å². The molecule has 0 radical (unpaired) electrons. The van der Waals surface area contributed by atoms with E-state index in [2.05, 4.69) is 17.6 Å². The monoisotopic (exact) mass is 346 g/mol. The fourth-order valence-corrected chi connectivity index (χ4v) is 3.54. The molecule has 138 valence electrons. The number of methoxy groups -OCH3 is 1. The van der Waals surface area contributed by atoms with E-state index in [0.717, 1.165) is 18.7 Å². The van der Waals surface area contributed by atoms with Crippen LogP contribution in [0, 0.1) is 17.8 Å². The molecule has 5 nitrogen and oxygen atoms in total. The summed E-state index contributed by atoms with van der Waals surface area (Å²) in [6.45, 7) is 5.98. The Balaban J connectivity index is 2.02. The molecule has 1 saturated heterocycles. The molecule has 2 N–H and O–H groups in total. The first-order valence-electron chi connectivity index (χ1n) is 9.15. The van der Waals surface area contributed by atoms with Crippen molar-refractivity contribution in [2.24, 2.45) is 17.8 Å². The van der Waals surface area contributed by atoms with Crippen molar-refractivity contribution in [3.63, 3.8) is 0 Å². The predicted octanol–water partition coefficient (Wildman–Crippen LogP) is 2.68. The maximum Gasteiger partial charge on any atom is 0.310 e. The first-order chi connectivity index (χ1) is 12.0. The molecule has 1 aromatic carbocycles. The zero-order chi connectivity index (χ0) is 18.2. The number of hydrogen-bond donors (Lipinski definition) is 2. The highest BCUT2D eigenvalue weighted by atomic mass is 16.5. The van der Waals surface area contributed by atoms with Crippen LogP contribution in [0.2, 0.25) is 0 Å². The summed E-state index contributed by atoms with van der Waals surface area (Å²) in [6.07, 6.45) is 2.81. The van der Waals surface area contributed by atoms with Gasteiger partial charge in [-0.05, 0) is 50.3 Å². The molecule has 1 heterocycles. The van der Waals surface area contributed by atoms with Crippen LogP contribution in [0.1, 0.15) is 44.7 Å². The third kappa shape index (κ3) is 5.56. The Morgan fingerprint density at radius 2 is 2.00 bits per heavy atom. The fraction of sp³-hybridized carbons (Fsp3) is 0.600. The Morgan fingerprint density at radius 3 is 2.60 bits per heavy atom. The smallest absolute Gasteiger partial charge is 0.310 e. The van der Waals surface area contributed by atoms with Crippen molar-refractivity contribution in [2.75, 3.05) is 20.2 Å². The quantitative estimate of drug-likeness (QED) is 0.745. The van der Waals surface area contributed by atoms with Gasteiger partial charge in [0.25, 0.3) is 0 Å². The van der Waals surface area contributed by atoms with Gasteiger partial charge in [0.05, 0.1) is 19.1 Å². The maximum absolute atomic E-state index is 12.6. The molecule has 0 aromatic heterocycles. The van der Waals surface area contributed by atoms with Gasteiger partial charge in [0, 0.05) is 6.42 Å². The van der Waals surface area contributed by atoms with Crippen molar-refractivity contribution in [1.82, 2.24) is 10.6 Å². The summed E-state index contributed by atoms with van der Waals surface area (Å²) in [5.74, 6) is 0.0785. The summed E-state index contributed by atoms with van der Waals surface area (Å²) >= 11 is 0. The van der Waals surface area contributed by atoms with Crippen molar-refractivity contribution >= 4 is 11.9 Å². The number of piperidine rings is 1. The number of ether oxygens (including phenoxy) is 1. The normalized spacial score (nSPS) is 21.0. The first kappa shape index (κ1) is 19.4. The Kier molecular flexibility index (Phi) is 7.44. The SMILES string of the molecule is COC(=O)C(C)C(NC(=O)CC(C)C1CCCNC1)c1ccccc1. The van der Waals surface area contributed by atoms with Crippen LogP contribution in [0.5, 0.6) is 0 Å². The topological polar surface area (TPSA) is 67.4 Å². The van der Waals surface area contributed by atoms with Crippen LogP contribution in [0.15, 0.2) is 30.3 Å². The van der Waals surface area contributed by atoms with E-state index in [4.69, 9.17) is 4.74 Å². The summed E-state index contributed by atoms with van der Waals surface area (Å²) in [4.78, 5) is 24.6. The van der Waals surface area contributed by atoms with E-state index in [1.54, 1.807) is 6.92 Å². The van der Waals surface area contributed by atoms with E-state index in [-0.39, 0.29) is 17.9 Å². The van der Waals surface area contributed by atoms with Crippen LogP contribution in [0.3, 0.4) is 0 Å². The van der Waals surface area contributed by atoms with Gasteiger partial charge in [-0.1, -0.05) is 37.3 Å². The average Bonchev–Trinajstić information content (AvgIpc) is 2.66. The number of rotatable bonds is 7. The minimum atomic E-state index is -0.442. The second-order valence-corrected chi connectivity index (χ2v) is 7.06. The molecule has 0 bridgehead atoms. The number of esters is 1. The summed E-state index contributed by atoms with van der Waals surface area (Å²) in [6, 6.07) is 9.22. The number of carbonyl (C=O) groups is 2. The molecule has 1 aromatic rings. The summed E-state index contributed by atoms with van der Waals surface area (Å²) < 4.78 is 4.87. The third-order valence-corrected chi connectivity index (χ3v) is 5.20. The van der Waals surface area contributed by atoms with E-state index >= 15 is 0 Å². The van der Waals surface area contributed by atoms with E-state index < -0.39 is 5.92 Å². The zero-order valence-electron chi connectivity index (χ0n) is 15.5. The first-order valence-corrected chi connectivity index (χ1v) is 9.15. The Labute approximate surface area is 150 Å². The van der Waals surface area contributed by atoms with Gasteiger partial charge in [0.15, 0.2) is 0 Å². The molecule has 25 heavy (non-hydrogen) atoms. The molecular weight excluding hydrogens is 316 g/mol. The molecular formula is C20H30N2O3.